The first-order chi connectivity index (χ1) is 16.1. The van der Waals surface area contributed by atoms with Gasteiger partial charge in [0.2, 0.25) is 0 Å². The molecule has 0 aromatic heterocycles. The van der Waals surface area contributed by atoms with Crippen LogP contribution in [0.4, 0.5) is 0 Å². The third-order valence-corrected chi connectivity index (χ3v) is 7.26. The molecule has 1 heterocycles. The van der Waals surface area contributed by atoms with E-state index in [1.807, 2.05) is 13.0 Å². The Balaban J connectivity index is 1.76. The Bertz CT molecular complexity index is 1230. The van der Waals surface area contributed by atoms with Crippen molar-refractivity contribution in [3.8, 4) is 0 Å². The van der Waals surface area contributed by atoms with Gasteiger partial charge in [0.05, 0.1) is 21.9 Å². The smallest absolute Gasteiger partial charge is 0.273 e. The Morgan fingerprint density at radius 1 is 0.941 bits per heavy atom. The molecule has 1 aliphatic carbocycles. The minimum atomic E-state index is -1.16. The summed E-state index contributed by atoms with van der Waals surface area (Å²) in [7, 11) is 0. The second-order valence-corrected chi connectivity index (χ2v) is 9.77. The number of Topliss-reactive ketones (excluding diaryl/α,β-unsaturated/α-hetero) is 1. The molecule has 6 nitrogen and oxygen atoms in total. The number of hydrazine groups is 1. The molecule has 3 amide bonds. The number of allylic oxidation sites excluding steroid dienone is 2. The van der Waals surface area contributed by atoms with Crippen LogP contribution >= 0.6 is 34.8 Å². The lowest BCUT2D eigenvalue weighted by Gasteiger charge is -2.34. The van der Waals surface area contributed by atoms with E-state index in [1.165, 1.54) is 37.3 Å². The number of carbonyl (C=O) groups is 4. The quantitative estimate of drug-likeness (QED) is 0.292. The van der Waals surface area contributed by atoms with E-state index in [2.05, 4.69) is 0 Å². The highest BCUT2D eigenvalue weighted by Crippen LogP contribution is 2.39. The van der Waals surface area contributed by atoms with E-state index in [9.17, 15) is 19.2 Å². The molecular formula is C25H21Cl3N2O4. The lowest BCUT2D eigenvalue weighted by Crippen LogP contribution is -2.56. The van der Waals surface area contributed by atoms with Crippen LogP contribution in [0.2, 0.25) is 15.1 Å². The van der Waals surface area contributed by atoms with Crippen LogP contribution in [-0.2, 0) is 9.59 Å². The minimum Gasteiger partial charge on any atom is -0.292 e. The standard InChI is InChI=1S/C25H21Cl3N2O4/c1-13-3-9-18-19(11-13)25(34)30(24(18)33)29(23(32)16-6-10-20(27)21(28)12-16)14(2)22(31)15-4-7-17(26)8-5-15/h3-8,10,12,14,18-19H,9,11H2,1-2H3/t14-,18+,19-/m1/s1. The first-order valence-corrected chi connectivity index (χ1v) is 11.8. The number of benzene rings is 2. The zero-order valence-electron chi connectivity index (χ0n) is 18.4. The van der Waals surface area contributed by atoms with Crippen LogP contribution in [0.25, 0.3) is 0 Å². The van der Waals surface area contributed by atoms with Gasteiger partial charge in [-0.1, -0.05) is 46.5 Å². The fourth-order valence-electron chi connectivity index (χ4n) is 4.40. The third-order valence-electron chi connectivity index (χ3n) is 6.26. The normalized spacial score (nSPS) is 20.6. The molecule has 2 aromatic carbocycles. The maximum absolute atomic E-state index is 13.7. The number of hydrogen-bond acceptors (Lipinski definition) is 4. The van der Waals surface area contributed by atoms with E-state index in [0.29, 0.717) is 17.9 Å². The zero-order chi connectivity index (χ0) is 24.7. The first kappa shape index (κ1) is 24.5. The molecule has 1 aliphatic heterocycles. The highest BCUT2D eigenvalue weighted by molar-refractivity contribution is 6.42. The lowest BCUT2D eigenvalue weighted by atomic mass is 9.82. The molecule has 0 bridgehead atoms. The van der Waals surface area contributed by atoms with E-state index in [1.54, 1.807) is 12.1 Å². The van der Waals surface area contributed by atoms with Crippen molar-refractivity contribution in [1.82, 2.24) is 10.0 Å². The van der Waals surface area contributed by atoms with Crippen LogP contribution in [0.3, 0.4) is 0 Å². The SMILES string of the molecule is CC1=CC[C@@H]2C(=O)N(N(C(=O)c3ccc(Cl)c(Cl)c3)[C@H](C)C(=O)c3ccc(Cl)cc3)C(=O)[C@@H]2C1. The summed E-state index contributed by atoms with van der Waals surface area (Å²) in [6.45, 7) is 3.39. The van der Waals surface area contributed by atoms with Gasteiger partial charge >= 0.3 is 0 Å². The molecule has 0 spiro atoms. The largest absolute Gasteiger partial charge is 0.292 e. The number of carbonyl (C=O) groups excluding carboxylic acids is 4. The van der Waals surface area contributed by atoms with Crippen LogP contribution < -0.4 is 0 Å². The maximum Gasteiger partial charge on any atom is 0.273 e. The van der Waals surface area contributed by atoms with Gasteiger partial charge in [0, 0.05) is 16.1 Å². The highest BCUT2D eigenvalue weighted by atomic mass is 35.5. The number of hydrogen-bond donors (Lipinski definition) is 0. The van der Waals surface area contributed by atoms with Crippen molar-refractivity contribution >= 4 is 58.3 Å². The Morgan fingerprint density at radius 3 is 2.21 bits per heavy atom. The molecule has 0 radical (unpaired) electrons. The summed E-state index contributed by atoms with van der Waals surface area (Å²) < 4.78 is 0. The van der Waals surface area contributed by atoms with Crippen LogP contribution in [0.15, 0.2) is 54.1 Å². The molecule has 2 aliphatic rings. The third kappa shape index (κ3) is 4.38. The number of amides is 3. The Kier molecular flexibility index (Phi) is 6.85. The van der Waals surface area contributed by atoms with Crippen molar-refractivity contribution < 1.29 is 19.2 Å². The fraction of sp³-hybridized carbons (Fsp3) is 0.280. The van der Waals surface area contributed by atoms with Crippen molar-refractivity contribution in [1.29, 1.82) is 0 Å². The lowest BCUT2D eigenvalue weighted by molar-refractivity contribution is -0.156. The molecule has 4 rings (SSSR count). The predicted molar refractivity (Wildman–Crippen MR) is 130 cm³/mol. The van der Waals surface area contributed by atoms with E-state index in [4.69, 9.17) is 34.8 Å². The second kappa shape index (κ2) is 9.53. The van der Waals surface area contributed by atoms with Crippen LogP contribution in [0, 0.1) is 11.8 Å². The zero-order valence-corrected chi connectivity index (χ0v) is 20.7. The number of nitrogens with zero attached hydrogens (tertiary/aromatic N) is 2. The summed E-state index contributed by atoms with van der Waals surface area (Å²) in [5.41, 5.74) is 1.39. The number of fused-ring (bicyclic) bond motifs is 1. The Hall–Kier alpha value is -2.67. The highest BCUT2D eigenvalue weighted by Gasteiger charge is 2.53. The summed E-state index contributed by atoms with van der Waals surface area (Å²) in [5.74, 6) is -3.29. The maximum atomic E-state index is 13.7. The van der Waals surface area contributed by atoms with Gasteiger partial charge in [0.15, 0.2) is 5.78 Å². The number of halogens is 3. The van der Waals surface area contributed by atoms with E-state index < -0.39 is 41.4 Å². The summed E-state index contributed by atoms with van der Waals surface area (Å²) >= 11 is 18.0. The van der Waals surface area contributed by atoms with Gasteiger partial charge in [0.25, 0.3) is 17.7 Å². The minimum absolute atomic E-state index is 0.0925. The molecule has 9 heteroatoms. The molecular weight excluding hydrogens is 499 g/mol. The molecule has 0 saturated carbocycles. The van der Waals surface area contributed by atoms with Gasteiger partial charge in [-0.2, -0.15) is 5.01 Å². The summed E-state index contributed by atoms with van der Waals surface area (Å²) in [4.78, 5) is 53.8. The van der Waals surface area contributed by atoms with Crippen LogP contribution in [0.5, 0.6) is 0 Å². The Labute approximate surface area is 212 Å². The van der Waals surface area contributed by atoms with Gasteiger partial charge in [-0.3, -0.25) is 19.2 Å². The number of imide groups is 1. The average Bonchev–Trinajstić information content (AvgIpc) is 3.05. The second-order valence-electron chi connectivity index (χ2n) is 8.52. The fourth-order valence-corrected chi connectivity index (χ4v) is 4.82. The molecule has 2 aromatic rings. The van der Waals surface area contributed by atoms with Crippen molar-refractivity contribution in [2.75, 3.05) is 0 Å². The summed E-state index contributed by atoms with van der Waals surface area (Å²) in [5, 5.41) is 2.64. The van der Waals surface area contributed by atoms with Crippen molar-refractivity contribution in [2.24, 2.45) is 11.8 Å². The van der Waals surface area contributed by atoms with Gasteiger partial charge in [-0.15, -0.1) is 0 Å². The van der Waals surface area contributed by atoms with Crippen molar-refractivity contribution in [2.45, 2.75) is 32.7 Å². The summed E-state index contributed by atoms with van der Waals surface area (Å²) in [6, 6.07) is 9.25. The monoisotopic (exact) mass is 518 g/mol. The van der Waals surface area contributed by atoms with Crippen LogP contribution in [0.1, 0.15) is 47.4 Å². The molecule has 3 atom stereocenters. The first-order valence-electron chi connectivity index (χ1n) is 10.7. The number of ketones is 1. The van der Waals surface area contributed by atoms with Gasteiger partial charge in [-0.05, 0) is 69.2 Å². The van der Waals surface area contributed by atoms with Crippen molar-refractivity contribution in [3.63, 3.8) is 0 Å². The number of rotatable bonds is 5. The topological polar surface area (TPSA) is 74.8 Å². The predicted octanol–water partition coefficient (Wildman–Crippen LogP) is 5.62. The molecule has 0 N–H and O–H groups in total. The molecule has 34 heavy (non-hydrogen) atoms. The molecule has 0 unspecified atom stereocenters. The molecule has 1 saturated heterocycles. The molecule has 1 fully saturated rings. The Morgan fingerprint density at radius 2 is 1.56 bits per heavy atom. The van der Waals surface area contributed by atoms with Crippen LogP contribution in [-0.4, -0.2) is 39.6 Å². The van der Waals surface area contributed by atoms with E-state index in [0.717, 1.165) is 15.6 Å². The average molecular weight is 520 g/mol. The van der Waals surface area contributed by atoms with Gasteiger partial charge in [0.1, 0.15) is 6.04 Å². The summed E-state index contributed by atoms with van der Waals surface area (Å²) in [6.07, 6.45) is 2.77. The van der Waals surface area contributed by atoms with Crippen molar-refractivity contribution in [3.05, 3.63) is 80.3 Å². The van der Waals surface area contributed by atoms with E-state index in [-0.39, 0.29) is 21.2 Å². The van der Waals surface area contributed by atoms with Gasteiger partial charge in [-0.25, -0.2) is 5.01 Å². The van der Waals surface area contributed by atoms with Gasteiger partial charge < -0.3 is 0 Å². The van der Waals surface area contributed by atoms with E-state index >= 15 is 0 Å². The molecule has 176 valence electrons.